The lowest BCUT2D eigenvalue weighted by molar-refractivity contribution is 0.155. The summed E-state index contributed by atoms with van der Waals surface area (Å²) in [7, 11) is 0. The number of aliphatic hydroxyl groups excluding tert-OH is 1. The van der Waals surface area contributed by atoms with Crippen molar-refractivity contribution in [3.8, 4) is 0 Å². The van der Waals surface area contributed by atoms with Crippen LogP contribution in [0.15, 0.2) is 24.3 Å². The van der Waals surface area contributed by atoms with Gasteiger partial charge in [-0.1, -0.05) is 18.2 Å². The van der Waals surface area contributed by atoms with Crippen LogP contribution in [-0.2, 0) is 0 Å². The molecule has 1 saturated heterocycles. The fourth-order valence-electron chi connectivity index (χ4n) is 2.63. The number of aliphatic hydroxyl groups is 1. The highest BCUT2D eigenvalue weighted by Gasteiger charge is 2.24. The lowest BCUT2D eigenvalue weighted by atomic mass is 10.0. The molecular formula is C14H21FN2O. The summed E-state index contributed by atoms with van der Waals surface area (Å²) in [5.41, 5.74) is 6.61. The van der Waals surface area contributed by atoms with E-state index in [9.17, 15) is 9.50 Å². The predicted octanol–water partition coefficient (Wildman–Crippen LogP) is 1.67. The van der Waals surface area contributed by atoms with Crippen LogP contribution >= 0.6 is 0 Å². The van der Waals surface area contributed by atoms with Gasteiger partial charge in [0.2, 0.25) is 0 Å². The minimum absolute atomic E-state index is 0.203. The van der Waals surface area contributed by atoms with Crippen LogP contribution in [0.1, 0.15) is 30.9 Å². The number of hydrogen-bond donors (Lipinski definition) is 2. The van der Waals surface area contributed by atoms with E-state index in [1.54, 1.807) is 12.1 Å². The maximum atomic E-state index is 13.5. The third-order valence-corrected chi connectivity index (χ3v) is 3.74. The normalized spacial score (nSPS) is 22.3. The molecule has 0 spiro atoms. The molecule has 0 aliphatic carbocycles. The summed E-state index contributed by atoms with van der Waals surface area (Å²) in [6, 6.07) is 6.66. The van der Waals surface area contributed by atoms with Gasteiger partial charge in [-0.2, -0.15) is 0 Å². The van der Waals surface area contributed by atoms with Gasteiger partial charge in [0.1, 0.15) is 5.82 Å². The second-order valence-electron chi connectivity index (χ2n) is 4.93. The first-order valence-electron chi connectivity index (χ1n) is 6.57. The molecule has 2 atom stereocenters. The molecular weight excluding hydrogens is 231 g/mol. The van der Waals surface area contributed by atoms with Gasteiger partial charge in [-0.15, -0.1) is 0 Å². The molecule has 3 N–H and O–H groups in total. The third-order valence-electron chi connectivity index (χ3n) is 3.74. The summed E-state index contributed by atoms with van der Waals surface area (Å²) in [6.45, 7) is 2.03. The lowest BCUT2D eigenvalue weighted by Crippen LogP contribution is -2.34. The number of rotatable bonds is 5. The standard InChI is InChI=1S/C14H21FN2O/c15-13-6-2-1-5-12(13)14(16)7-9-17-8-3-4-11(17)10-18/h1-2,5-6,11,14,18H,3-4,7-10,16H2. The first-order chi connectivity index (χ1) is 8.72. The second-order valence-corrected chi connectivity index (χ2v) is 4.93. The molecule has 18 heavy (non-hydrogen) atoms. The van der Waals surface area contributed by atoms with Crippen LogP contribution in [0, 0.1) is 5.82 Å². The maximum absolute atomic E-state index is 13.5. The van der Waals surface area contributed by atoms with Crippen molar-refractivity contribution in [3.63, 3.8) is 0 Å². The molecule has 0 saturated carbocycles. The van der Waals surface area contributed by atoms with Crippen molar-refractivity contribution in [2.45, 2.75) is 31.3 Å². The average Bonchev–Trinajstić information content (AvgIpc) is 2.84. The highest BCUT2D eigenvalue weighted by Crippen LogP contribution is 2.21. The topological polar surface area (TPSA) is 49.5 Å². The maximum Gasteiger partial charge on any atom is 0.127 e. The molecule has 0 radical (unpaired) electrons. The molecule has 4 heteroatoms. The van der Waals surface area contributed by atoms with Crippen LogP contribution in [0.5, 0.6) is 0 Å². The zero-order valence-corrected chi connectivity index (χ0v) is 10.6. The van der Waals surface area contributed by atoms with Gasteiger partial charge >= 0.3 is 0 Å². The summed E-state index contributed by atoms with van der Waals surface area (Å²) >= 11 is 0. The molecule has 2 rings (SSSR count). The number of nitrogens with two attached hydrogens (primary N) is 1. The van der Waals surface area contributed by atoms with Crippen LogP contribution in [0.4, 0.5) is 4.39 Å². The number of nitrogens with zero attached hydrogens (tertiary/aromatic N) is 1. The highest BCUT2D eigenvalue weighted by molar-refractivity contribution is 5.20. The van der Waals surface area contributed by atoms with Crippen molar-refractivity contribution in [1.82, 2.24) is 4.90 Å². The molecule has 1 heterocycles. The molecule has 0 amide bonds. The van der Waals surface area contributed by atoms with E-state index < -0.39 is 0 Å². The van der Waals surface area contributed by atoms with Gasteiger partial charge in [-0.25, -0.2) is 4.39 Å². The highest BCUT2D eigenvalue weighted by atomic mass is 19.1. The molecule has 1 aliphatic heterocycles. The van der Waals surface area contributed by atoms with Crippen molar-refractivity contribution in [2.24, 2.45) is 5.73 Å². The fraction of sp³-hybridized carbons (Fsp3) is 0.571. The Hall–Kier alpha value is -0.970. The van der Waals surface area contributed by atoms with Gasteiger partial charge in [-0.05, 0) is 31.9 Å². The summed E-state index contributed by atoms with van der Waals surface area (Å²) in [6.07, 6.45) is 2.89. The quantitative estimate of drug-likeness (QED) is 0.838. The van der Waals surface area contributed by atoms with Gasteiger partial charge < -0.3 is 10.8 Å². The molecule has 0 aromatic heterocycles. The Morgan fingerprint density at radius 3 is 2.94 bits per heavy atom. The number of hydrogen-bond acceptors (Lipinski definition) is 3. The van der Waals surface area contributed by atoms with Crippen LogP contribution in [0.3, 0.4) is 0 Å². The Morgan fingerprint density at radius 1 is 1.44 bits per heavy atom. The Kier molecular flexibility index (Phi) is 4.69. The predicted molar refractivity (Wildman–Crippen MR) is 69.6 cm³/mol. The van der Waals surface area contributed by atoms with Crippen LogP contribution in [0.2, 0.25) is 0 Å². The van der Waals surface area contributed by atoms with E-state index in [1.807, 2.05) is 6.07 Å². The fourth-order valence-corrected chi connectivity index (χ4v) is 2.63. The summed E-state index contributed by atoms with van der Waals surface area (Å²) in [5.74, 6) is -0.231. The van der Waals surface area contributed by atoms with Crippen molar-refractivity contribution in [2.75, 3.05) is 19.7 Å². The Morgan fingerprint density at radius 2 is 2.22 bits per heavy atom. The second kappa shape index (κ2) is 6.27. The van der Waals surface area contributed by atoms with Crippen molar-refractivity contribution >= 4 is 0 Å². The minimum atomic E-state index is -0.272. The van der Waals surface area contributed by atoms with Gasteiger partial charge in [0, 0.05) is 24.2 Å². The average molecular weight is 252 g/mol. The molecule has 100 valence electrons. The van der Waals surface area contributed by atoms with Gasteiger partial charge in [0.15, 0.2) is 0 Å². The molecule has 0 bridgehead atoms. The van der Waals surface area contributed by atoms with Crippen LogP contribution < -0.4 is 5.73 Å². The van der Waals surface area contributed by atoms with Crippen molar-refractivity contribution < 1.29 is 9.50 Å². The monoisotopic (exact) mass is 252 g/mol. The molecule has 2 unspecified atom stereocenters. The van der Waals surface area contributed by atoms with E-state index in [-0.39, 0.29) is 24.5 Å². The lowest BCUT2D eigenvalue weighted by Gasteiger charge is -2.24. The smallest absolute Gasteiger partial charge is 0.127 e. The SMILES string of the molecule is NC(CCN1CCCC1CO)c1ccccc1F. The molecule has 1 aromatic carbocycles. The zero-order chi connectivity index (χ0) is 13.0. The Labute approximate surface area is 107 Å². The van der Waals surface area contributed by atoms with Crippen LogP contribution in [-0.4, -0.2) is 35.7 Å². The van der Waals surface area contributed by atoms with Crippen LogP contribution in [0.25, 0.3) is 0 Å². The van der Waals surface area contributed by atoms with Gasteiger partial charge in [-0.3, -0.25) is 4.90 Å². The number of benzene rings is 1. The molecule has 1 fully saturated rings. The summed E-state index contributed by atoms with van der Waals surface area (Å²) in [5, 5.41) is 9.23. The third kappa shape index (κ3) is 3.07. The van der Waals surface area contributed by atoms with E-state index in [1.165, 1.54) is 6.07 Å². The molecule has 1 aromatic rings. The Balaban J connectivity index is 1.88. The van der Waals surface area contributed by atoms with E-state index in [0.29, 0.717) is 5.56 Å². The van der Waals surface area contributed by atoms with E-state index in [4.69, 9.17) is 5.73 Å². The van der Waals surface area contributed by atoms with E-state index in [2.05, 4.69) is 4.90 Å². The van der Waals surface area contributed by atoms with E-state index in [0.717, 1.165) is 32.4 Å². The number of likely N-dealkylation sites (tertiary alicyclic amines) is 1. The molecule has 1 aliphatic rings. The number of halogens is 1. The molecule has 3 nitrogen and oxygen atoms in total. The van der Waals surface area contributed by atoms with Gasteiger partial charge in [0.05, 0.1) is 6.61 Å². The largest absolute Gasteiger partial charge is 0.395 e. The first kappa shape index (κ1) is 13.5. The summed E-state index contributed by atoms with van der Waals surface area (Å²) < 4.78 is 13.5. The Bertz CT molecular complexity index is 386. The van der Waals surface area contributed by atoms with Crippen molar-refractivity contribution in [3.05, 3.63) is 35.6 Å². The van der Waals surface area contributed by atoms with Gasteiger partial charge in [0.25, 0.3) is 0 Å². The first-order valence-corrected chi connectivity index (χ1v) is 6.57. The minimum Gasteiger partial charge on any atom is -0.395 e. The van der Waals surface area contributed by atoms with Crippen molar-refractivity contribution in [1.29, 1.82) is 0 Å². The van der Waals surface area contributed by atoms with E-state index >= 15 is 0 Å². The summed E-state index contributed by atoms with van der Waals surface area (Å²) in [4.78, 5) is 2.25. The zero-order valence-electron chi connectivity index (χ0n) is 10.6.